The number of nitrogens with one attached hydrogen (secondary N) is 1. The topological polar surface area (TPSA) is 110 Å². The number of hydrogen-bond acceptors (Lipinski definition) is 8. The number of pyridine rings is 1. The van der Waals surface area contributed by atoms with Gasteiger partial charge in [-0.3, -0.25) is 4.79 Å². The molecule has 2 heterocycles. The molecule has 10 heteroatoms. The van der Waals surface area contributed by atoms with Crippen molar-refractivity contribution in [2.24, 2.45) is 11.8 Å². The maximum Gasteiger partial charge on any atom is 0.331 e. The minimum atomic E-state index is -1.26. The Kier molecular flexibility index (Phi) is 8.47. The third kappa shape index (κ3) is 5.73. The summed E-state index contributed by atoms with van der Waals surface area (Å²) in [4.78, 5) is 32.1. The van der Waals surface area contributed by atoms with E-state index in [0.29, 0.717) is 25.6 Å². The van der Waals surface area contributed by atoms with E-state index in [9.17, 15) is 19.1 Å². The van der Waals surface area contributed by atoms with E-state index in [2.05, 4.69) is 15.2 Å². The average Bonchev–Trinajstić information content (AvgIpc) is 3.58. The summed E-state index contributed by atoms with van der Waals surface area (Å²) in [6.45, 7) is 4.30. The Bertz CT molecular complexity index is 828. The Morgan fingerprint density at radius 3 is 2.58 bits per heavy atom. The molecule has 1 aromatic rings. The van der Waals surface area contributed by atoms with Crippen molar-refractivity contribution >= 4 is 17.6 Å². The summed E-state index contributed by atoms with van der Waals surface area (Å²) in [5.41, 5.74) is -0.392. The van der Waals surface area contributed by atoms with Gasteiger partial charge in [-0.1, -0.05) is 13.8 Å². The number of halogens is 1. The lowest BCUT2D eigenvalue weighted by Crippen LogP contribution is -2.55. The first-order chi connectivity index (χ1) is 15.9. The highest BCUT2D eigenvalue weighted by atomic mass is 19.1. The Hall–Kier alpha value is -2.46. The van der Waals surface area contributed by atoms with Gasteiger partial charge in [-0.15, -0.1) is 0 Å². The van der Waals surface area contributed by atoms with Crippen molar-refractivity contribution in [3.05, 3.63) is 17.8 Å². The van der Waals surface area contributed by atoms with Gasteiger partial charge in [0.05, 0.1) is 12.7 Å². The molecular formula is C23H34FN3O6. The second-order valence-corrected chi connectivity index (χ2v) is 8.60. The molecule has 3 rings (SSSR count). The summed E-state index contributed by atoms with van der Waals surface area (Å²) in [5.74, 6) is -0.360. The molecule has 184 valence electrons. The van der Waals surface area contributed by atoms with Gasteiger partial charge in [0.15, 0.2) is 0 Å². The minimum absolute atomic E-state index is 0.108. The van der Waals surface area contributed by atoms with Crippen LogP contribution in [0.25, 0.3) is 0 Å². The summed E-state index contributed by atoms with van der Waals surface area (Å²) in [6.07, 6.45) is 1.61. The zero-order chi connectivity index (χ0) is 24.0. The van der Waals surface area contributed by atoms with E-state index in [-0.39, 0.29) is 49.7 Å². The number of carbonyl (C=O) groups excluding carboxylic acids is 2. The number of esters is 1. The van der Waals surface area contributed by atoms with Gasteiger partial charge in [-0.25, -0.2) is 14.2 Å². The SMILES string of the molecule is CCC(CC)(NC(=O)c1ccc(N2CC(OC)C2)c(OC[C@@H]2C[C@H]2CO)n1)C(=O)OCCF. The summed E-state index contributed by atoms with van der Waals surface area (Å²) < 4.78 is 28.8. The maximum atomic E-state index is 13.0. The lowest BCUT2D eigenvalue weighted by molar-refractivity contribution is -0.152. The van der Waals surface area contributed by atoms with E-state index in [1.54, 1.807) is 33.1 Å². The monoisotopic (exact) mass is 467 g/mol. The molecule has 1 aliphatic heterocycles. The van der Waals surface area contributed by atoms with Crippen LogP contribution in [0.3, 0.4) is 0 Å². The zero-order valence-corrected chi connectivity index (χ0v) is 19.5. The number of methoxy groups -OCH3 is 1. The average molecular weight is 468 g/mol. The molecule has 9 nitrogen and oxygen atoms in total. The van der Waals surface area contributed by atoms with Crippen molar-refractivity contribution < 1.29 is 33.3 Å². The standard InChI is InChI=1S/C23H34FN3O6/c1-4-23(5-2,22(30)32-9-8-24)26-20(29)18-6-7-19(27-11-17(12-27)31-3)21(25-18)33-14-16-10-15(16)13-28/h6-7,15-17,28H,4-5,8-14H2,1-3H3,(H,26,29)/t15-,16-/m0/s1. The molecule has 0 spiro atoms. The van der Waals surface area contributed by atoms with Crippen LogP contribution in [0.1, 0.15) is 43.6 Å². The van der Waals surface area contributed by atoms with Gasteiger partial charge in [-0.05, 0) is 43.2 Å². The van der Waals surface area contributed by atoms with Crippen LogP contribution in [-0.4, -0.2) is 80.3 Å². The first kappa shape index (κ1) is 25.2. The number of anilines is 1. The summed E-state index contributed by atoms with van der Waals surface area (Å²) in [5, 5.41) is 12.0. The first-order valence-electron chi connectivity index (χ1n) is 11.5. The normalized spacial score (nSPS) is 20.2. The number of nitrogens with zero attached hydrogens (tertiary/aromatic N) is 2. The molecule has 1 saturated carbocycles. The lowest BCUT2D eigenvalue weighted by Gasteiger charge is -2.40. The predicted octanol–water partition coefficient (Wildman–Crippen LogP) is 1.73. The number of carbonyl (C=O) groups is 2. The fourth-order valence-electron chi connectivity index (χ4n) is 3.93. The first-order valence-corrected chi connectivity index (χ1v) is 11.5. The van der Waals surface area contributed by atoms with Gasteiger partial charge in [0.2, 0.25) is 5.88 Å². The molecule has 1 aromatic heterocycles. The van der Waals surface area contributed by atoms with E-state index in [0.717, 1.165) is 12.1 Å². The number of rotatable bonds is 13. The Morgan fingerprint density at radius 2 is 2.00 bits per heavy atom. The van der Waals surface area contributed by atoms with E-state index in [4.69, 9.17) is 14.2 Å². The summed E-state index contributed by atoms with van der Waals surface area (Å²) >= 11 is 0. The molecule has 0 radical (unpaired) electrons. The van der Waals surface area contributed by atoms with Gasteiger partial charge in [0.25, 0.3) is 5.91 Å². The highest BCUT2D eigenvalue weighted by molar-refractivity contribution is 5.97. The fourth-order valence-corrected chi connectivity index (χ4v) is 3.93. The summed E-state index contributed by atoms with van der Waals surface area (Å²) in [7, 11) is 1.67. The molecule has 1 amide bonds. The molecule has 33 heavy (non-hydrogen) atoms. The molecule has 2 aliphatic rings. The molecule has 2 fully saturated rings. The third-order valence-electron chi connectivity index (χ3n) is 6.59. The van der Waals surface area contributed by atoms with Crippen molar-refractivity contribution in [3.8, 4) is 5.88 Å². The zero-order valence-electron chi connectivity index (χ0n) is 19.5. The number of aliphatic hydroxyl groups excluding tert-OH is 1. The number of aromatic nitrogens is 1. The molecular weight excluding hydrogens is 433 g/mol. The van der Waals surface area contributed by atoms with E-state index in [1.807, 2.05) is 0 Å². The van der Waals surface area contributed by atoms with Crippen molar-refractivity contribution in [1.29, 1.82) is 0 Å². The molecule has 2 N–H and O–H groups in total. The molecule has 0 unspecified atom stereocenters. The van der Waals surface area contributed by atoms with Crippen molar-refractivity contribution in [2.75, 3.05) is 51.6 Å². The van der Waals surface area contributed by atoms with Gasteiger partial charge < -0.3 is 29.5 Å². The maximum absolute atomic E-state index is 13.0. The molecule has 2 atom stereocenters. The van der Waals surface area contributed by atoms with Gasteiger partial charge in [0.1, 0.15) is 30.2 Å². The highest BCUT2D eigenvalue weighted by Crippen LogP contribution is 2.39. The van der Waals surface area contributed by atoms with E-state index >= 15 is 0 Å². The third-order valence-corrected chi connectivity index (χ3v) is 6.59. The molecule has 0 aromatic carbocycles. The van der Waals surface area contributed by atoms with E-state index in [1.165, 1.54) is 0 Å². The van der Waals surface area contributed by atoms with Crippen LogP contribution in [0, 0.1) is 11.8 Å². The number of aliphatic hydroxyl groups is 1. The Morgan fingerprint density at radius 1 is 1.27 bits per heavy atom. The number of alkyl halides is 1. The lowest BCUT2D eigenvalue weighted by atomic mass is 9.92. The summed E-state index contributed by atoms with van der Waals surface area (Å²) in [6, 6.07) is 3.37. The van der Waals surface area contributed by atoms with Crippen molar-refractivity contribution in [3.63, 3.8) is 0 Å². The minimum Gasteiger partial charge on any atom is -0.476 e. The largest absolute Gasteiger partial charge is 0.476 e. The van der Waals surface area contributed by atoms with Crippen molar-refractivity contribution in [2.45, 2.75) is 44.8 Å². The fraction of sp³-hybridized carbons (Fsp3) is 0.696. The van der Waals surface area contributed by atoms with Crippen LogP contribution < -0.4 is 15.0 Å². The van der Waals surface area contributed by atoms with Gasteiger partial charge >= 0.3 is 5.97 Å². The van der Waals surface area contributed by atoms with Crippen LogP contribution >= 0.6 is 0 Å². The number of ether oxygens (including phenoxy) is 3. The van der Waals surface area contributed by atoms with Gasteiger partial charge in [0, 0.05) is 26.8 Å². The van der Waals surface area contributed by atoms with Crippen molar-refractivity contribution in [1.82, 2.24) is 10.3 Å². The Balaban J connectivity index is 1.77. The van der Waals surface area contributed by atoms with Crippen LogP contribution in [0.2, 0.25) is 0 Å². The number of hydrogen-bond donors (Lipinski definition) is 2. The van der Waals surface area contributed by atoms with Crippen LogP contribution in [0.5, 0.6) is 5.88 Å². The van der Waals surface area contributed by atoms with Crippen LogP contribution in [0.4, 0.5) is 10.1 Å². The quantitative estimate of drug-likeness (QED) is 0.422. The second-order valence-electron chi connectivity index (χ2n) is 8.60. The van der Waals surface area contributed by atoms with Crippen LogP contribution in [-0.2, 0) is 14.3 Å². The Labute approximate surface area is 193 Å². The van der Waals surface area contributed by atoms with Gasteiger partial charge in [-0.2, -0.15) is 0 Å². The second kappa shape index (κ2) is 11.1. The van der Waals surface area contributed by atoms with Crippen LogP contribution in [0.15, 0.2) is 12.1 Å². The van der Waals surface area contributed by atoms with E-state index < -0.39 is 24.1 Å². The highest BCUT2D eigenvalue weighted by Gasteiger charge is 2.40. The smallest absolute Gasteiger partial charge is 0.331 e. The molecule has 1 saturated heterocycles. The number of amides is 1. The predicted molar refractivity (Wildman–Crippen MR) is 119 cm³/mol. The molecule has 1 aliphatic carbocycles. The molecule has 0 bridgehead atoms.